The van der Waals surface area contributed by atoms with Gasteiger partial charge in [-0.1, -0.05) is 0 Å². The molecule has 2 aromatic rings. The van der Waals surface area contributed by atoms with Crippen LogP contribution >= 0.6 is 11.3 Å². The average Bonchev–Trinajstić information content (AvgIpc) is 3.32. The van der Waals surface area contributed by atoms with Crippen molar-refractivity contribution in [1.82, 2.24) is 25.5 Å². The topological polar surface area (TPSA) is 118 Å². The van der Waals surface area contributed by atoms with Crippen molar-refractivity contribution >= 4 is 23.1 Å². The number of aromatic nitrogens is 2. The highest BCUT2D eigenvalue weighted by Gasteiger charge is 2.17. The number of likely N-dealkylation sites (N-methyl/N-ethyl adjacent to an activating group) is 1. The van der Waals surface area contributed by atoms with Crippen LogP contribution in [0.2, 0.25) is 0 Å². The molecule has 4 N–H and O–H groups in total. The van der Waals surface area contributed by atoms with E-state index in [4.69, 9.17) is 10.5 Å². The zero-order valence-electron chi connectivity index (χ0n) is 18.9. The number of amides is 1. The predicted molar refractivity (Wildman–Crippen MR) is 130 cm³/mol. The maximum absolute atomic E-state index is 13.0. The fourth-order valence-corrected chi connectivity index (χ4v) is 4.55. The SMILES string of the molecule is CN1CCCc2cc(ccn2)-c2nc(cs2)C(=O)NC(=CNC2CCOCC2)C(N)=NCC1. The lowest BCUT2D eigenvalue weighted by atomic mass is 10.1. The number of amidine groups is 1. The average molecular weight is 470 g/mol. The molecule has 10 heteroatoms. The number of ether oxygens (including phenoxy) is 1. The molecule has 2 aromatic heterocycles. The number of carbonyl (C=O) groups is 1. The highest BCUT2D eigenvalue weighted by molar-refractivity contribution is 7.13. The number of nitrogens with zero attached hydrogens (tertiary/aromatic N) is 4. The minimum atomic E-state index is -0.314. The third-order valence-corrected chi connectivity index (χ3v) is 6.64. The summed E-state index contributed by atoms with van der Waals surface area (Å²) in [5.74, 6) is -0.0154. The Morgan fingerprint density at radius 2 is 2.18 bits per heavy atom. The summed E-state index contributed by atoms with van der Waals surface area (Å²) in [6, 6.07) is 4.26. The molecule has 176 valence electrons. The zero-order chi connectivity index (χ0) is 23.0. The van der Waals surface area contributed by atoms with E-state index in [2.05, 4.69) is 43.6 Å². The van der Waals surface area contributed by atoms with Crippen molar-refractivity contribution in [3.05, 3.63) is 47.0 Å². The number of thiazole rings is 1. The predicted octanol–water partition coefficient (Wildman–Crippen LogP) is 1.78. The minimum absolute atomic E-state index is 0.276. The molecule has 4 bridgehead atoms. The number of fused-ring (bicyclic) bond motifs is 5. The van der Waals surface area contributed by atoms with Gasteiger partial charge in [-0.15, -0.1) is 11.3 Å². The first-order valence-corrected chi connectivity index (χ1v) is 12.2. The Kier molecular flexibility index (Phi) is 8.03. The molecule has 4 rings (SSSR count). The van der Waals surface area contributed by atoms with Crippen LogP contribution in [0.5, 0.6) is 0 Å². The quantitative estimate of drug-likeness (QED) is 0.614. The van der Waals surface area contributed by atoms with Crippen molar-refractivity contribution in [3.63, 3.8) is 0 Å². The second-order valence-corrected chi connectivity index (χ2v) is 9.17. The van der Waals surface area contributed by atoms with Crippen molar-refractivity contribution in [3.8, 4) is 10.6 Å². The van der Waals surface area contributed by atoms with E-state index in [1.54, 1.807) is 17.8 Å². The summed E-state index contributed by atoms with van der Waals surface area (Å²) >= 11 is 1.44. The highest BCUT2D eigenvalue weighted by atomic mass is 32.1. The van der Waals surface area contributed by atoms with E-state index in [0.717, 1.165) is 68.3 Å². The van der Waals surface area contributed by atoms with Crippen LogP contribution in [0.25, 0.3) is 10.6 Å². The molecule has 1 fully saturated rings. The van der Waals surface area contributed by atoms with Crippen LogP contribution in [0.3, 0.4) is 0 Å². The summed E-state index contributed by atoms with van der Waals surface area (Å²) in [5.41, 5.74) is 9.09. The van der Waals surface area contributed by atoms with Crippen LogP contribution in [-0.4, -0.2) is 72.5 Å². The molecule has 4 heterocycles. The van der Waals surface area contributed by atoms with Crippen LogP contribution in [0.1, 0.15) is 35.4 Å². The fourth-order valence-electron chi connectivity index (χ4n) is 3.75. The van der Waals surface area contributed by atoms with Gasteiger partial charge in [0.15, 0.2) is 0 Å². The third kappa shape index (κ3) is 6.59. The molecule has 1 saturated heterocycles. The second-order valence-electron chi connectivity index (χ2n) is 8.31. The van der Waals surface area contributed by atoms with Crippen molar-refractivity contribution in [2.75, 3.05) is 39.9 Å². The monoisotopic (exact) mass is 469 g/mol. The van der Waals surface area contributed by atoms with E-state index in [-0.39, 0.29) is 11.9 Å². The number of aryl methyl sites for hydroxylation is 1. The minimum Gasteiger partial charge on any atom is -0.386 e. The molecule has 0 spiro atoms. The molecule has 9 nitrogen and oxygen atoms in total. The Balaban J connectivity index is 1.58. The molecule has 1 amide bonds. The summed E-state index contributed by atoms with van der Waals surface area (Å²) < 4.78 is 5.42. The van der Waals surface area contributed by atoms with Crippen LogP contribution in [0, 0.1) is 0 Å². The van der Waals surface area contributed by atoms with E-state index in [1.807, 2.05) is 6.07 Å². The maximum atomic E-state index is 13.0. The molecule has 0 unspecified atom stereocenters. The number of aliphatic imine (C=N–C) groups is 1. The van der Waals surface area contributed by atoms with E-state index in [1.165, 1.54) is 11.3 Å². The number of nitrogens with two attached hydrogens (primary N) is 1. The summed E-state index contributed by atoms with van der Waals surface area (Å²) in [7, 11) is 2.08. The first-order chi connectivity index (χ1) is 16.1. The zero-order valence-corrected chi connectivity index (χ0v) is 19.7. The lowest BCUT2D eigenvalue weighted by Gasteiger charge is -2.23. The smallest absolute Gasteiger partial charge is 0.275 e. The van der Waals surface area contributed by atoms with Crippen molar-refractivity contribution in [1.29, 1.82) is 0 Å². The number of nitrogens with one attached hydrogen (secondary N) is 2. The van der Waals surface area contributed by atoms with Gasteiger partial charge in [-0.2, -0.15) is 0 Å². The Labute approximate surface area is 198 Å². The molecule has 0 aliphatic carbocycles. The molecule has 2 aliphatic rings. The summed E-state index contributed by atoms with van der Waals surface area (Å²) in [6.45, 7) is 3.70. The van der Waals surface area contributed by atoms with Crippen LogP contribution < -0.4 is 16.4 Å². The molecule has 33 heavy (non-hydrogen) atoms. The second kappa shape index (κ2) is 11.4. The van der Waals surface area contributed by atoms with Gasteiger partial charge in [0.05, 0.1) is 12.2 Å². The largest absolute Gasteiger partial charge is 0.386 e. The molecular weight excluding hydrogens is 438 g/mol. The van der Waals surface area contributed by atoms with Gasteiger partial charge in [0, 0.05) is 54.8 Å². The first kappa shape index (κ1) is 23.3. The molecule has 0 aromatic carbocycles. The standard InChI is InChI=1S/C23H31N7O2S/c1-30-9-2-3-18-13-16(4-7-25-18)23-29-20(15-33-23)22(31)28-19(21(24)26-8-10-30)14-27-17-5-11-32-12-6-17/h4,7,13-15,17,27H,2-3,5-6,8-12H2,1H3,(H2,24,26)(H,28,31). The lowest BCUT2D eigenvalue weighted by molar-refractivity contribution is 0.0810. The van der Waals surface area contributed by atoms with E-state index in [0.29, 0.717) is 23.8 Å². The molecule has 0 radical (unpaired) electrons. The van der Waals surface area contributed by atoms with Gasteiger partial charge in [-0.05, 0) is 51.4 Å². The fraction of sp³-hybridized carbons (Fsp3) is 0.478. The number of pyridine rings is 1. The van der Waals surface area contributed by atoms with Gasteiger partial charge in [-0.3, -0.25) is 14.8 Å². The Morgan fingerprint density at radius 3 is 3.03 bits per heavy atom. The van der Waals surface area contributed by atoms with Crippen molar-refractivity contribution in [2.45, 2.75) is 31.7 Å². The van der Waals surface area contributed by atoms with Gasteiger partial charge in [-0.25, -0.2) is 4.98 Å². The Morgan fingerprint density at radius 1 is 1.33 bits per heavy atom. The van der Waals surface area contributed by atoms with Gasteiger partial charge in [0.1, 0.15) is 16.5 Å². The molecule has 0 atom stereocenters. The van der Waals surface area contributed by atoms with E-state index >= 15 is 0 Å². The van der Waals surface area contributed by atoms with Gasteiger partial charge >= 0.3 is 0 Å². The highest BCUT2D eigenvalue weighted by Crippen LogP contribution is 2.24. The van der Waals surface area contributed by atoms with Gasteiger partial charge in [0.2, 0.25) is 0 Å². The summed E-state index contributed by atoms with van der Waals surface area (Å²) in [6.07, 6.45) is 7.25. The third-order valence-electron chi connectivity index (χ3n) is 5.75. The van der Waals surface area contributed by atoms with Crippen molar-refractivity contribution < 1.29 is 9.53 Å². The molecule has 2 aliphatic heterocycles. The summed E-state index contributed by atoms with van der Waals surface area (Å²) in [4.78, 5) is 28.8. The number of carbonyl (C=O) groups excluding carboxylic acids is 1. The van der Waals surface area contributed by atoms with Crippen LogP contribution in [0.15, 0.2) is 40.6 Å². The Hall–Kier alpha value is -2.82. The lowest BCUT2D eigenvalue weighted by Crippen LogP contribution is -2.37. The normalized spacial score (nSPS) is 20.7. The van der Waals surface area contributed by atoms with Crippen molar-refractivity contribution in [2.24, 2.45) is 10.7 Å². The molecular formula is C23H31N7O2S. The van der Waals surface area contributed by atoms with Crippen LogP contribution in [-0.2, 0) is 11.2 Å². The van der Waals surface area contributed by atoms with E-state index < -0.39 is 0 Å². The maximum Gasteiger partial charge on any atom is 0.275 e. The van der Waals surface area contributed by atoms with Gasteiger partial charge in [0.25, 0.3) is 5.91 Å². The first-order valence-electron chi connectivity index (χ1n) is 11.3. The molecule has 0 saturated carbocycles. The summed E-state index contributed by atoms with van der Waals surface area (Å²) in [5, 5.41) is 8.82. The number of hydrogen-bond donors (Lipinski definition) is 3. The van der Waals surface area contributed by atoms with Gasteiger partial charge < -0.3 is 26.0 Å². The number of rotatable bonds is 2. The van der Waals surface area contributed by atoms with Crippen LogP contribution in [0.4, 0.5) is 0 Å². The number of hydrogen-bond acceptors (Lipinski definition) is 9. The van der Waals surface area contributed by atoms with E-state index in [9.17, 15) is 4.79 Å². The Bertz CT molecular complexity index is 1010.